The average molecular weight is 314 g/mol. The molecule has 3 heterocycles. The summed E-state index contributed by atoms with van der Waals surface area (Å²) in [5, 5.41) is 0. The van der Waals surface area contributed by atoms with Crippen molar-refractivity contribution in [2.24, 2.45) is 0 Å². The smallest absolute Gasteiger partial charge is 0.406 e. The fourth-order valence-corrected chi connectivity index (χ4v) is 2.78. The zero-order valence-corrected chi connectivity index (χ0v) is 12.8. The highest BCUT2D eigenvalue weighted by molar-refractivity contribution is 5.99. The van der Waals surface area contributed by atoms with E-state index in [1.807, 2.05) is 0 Å². The van der Waals surface area contributed by atoms with Crippen molar-refractivity contribution in [2.45, 2.75) is 37.6 Å². The molecule has 0 saturated carbocycles. The van der Waals surface area contributed by atoms with Gasteiger partial charge in [0.1, 0.15) is 12.6 Å². The van der Waals surface area contributed by atoms with E-state index in [1.165, 1.54) is 19.0 Å². The van der Waals surface area contributed by atoms with E-state index in [1.54, 1.807) is 13.8 Å². The molecule has 3 atom stereocenters. The Morgan fingerprint density at radius 2 is 1.95 bits per heavy atom. The summed E-state index contributed by atoms with van der Waals surface area (Å²) < 4.78 is 21.7. The summed E-state index contributed by atoms with van der Waals surface area (Å²) in [4.78, 5) is 38.6. The standard InChI is InChI=1S/C13H18N2O7/c1-12(2)20-7-5-19-13(9(16)8(7)21-12)6-15(11(18)22-13)10(17)14(3)4/h7-8H,5-6H2,1-4H3/t7-,8?,13+/m1/s1. The van der Waals surface area contributed by atoms with Crippen LogP contribution in [0.25, 0.3) is 0 Å². The number of hydrogen-bond donors (Lipinski definition) is 0. The first-order valence-electron chi connectivity index (χ1n) is 6.91. The van der Waals surface area contributed by atoms with E-state index >= 15 is 0 Å². The van der Waals surface area contributed by atoms with Crippen LogP contribution in [-0.2, 0) is 23.7 Å². The number of rotatable bonds is 0. The SMILES string of the molecule is CN(C)C(=O)N1C[C@]2(OC[C@H]3OC(C)(C)OC3C2=O)OC1=O. The van der Waals surface area contributed by atoms with Gasteiger partial charge in [-0.15, -0.1) is 0 Å². The number of nitrogens with zero attached hydrogens (tertiary/aromatic N) is 2. The van der Waals surface area contributed by atoms with Crippen LogP contribution in [0.4, 0.5) is 9.59 Å². The van der Waals surface area contributed by atoms with Crippen molar-refractivity contribution in [1.82, 2.24) is 9.80 Å². The number of fused-ring (bicyclic) bond motifs is 1. The fourth-order valence-electron chi connectivity index (χ4n) is 2.78. The maximum atomic E-state index is 12.6. The molecule has 0 aliphatic carbocycles. The molecule has 0 N–H and O–H groups in total. The number of hydrogen-bond acceptors (Lipinski definition) is 7. The zero-order valence-electron chi connectivity index (χ0n) is 12.8. The number of ether oxygens (including phenoxy) is 4. The van der Waals surface area contributed by atoms with E-state index in [0.29, 0.717) is 0 Å². The molecule has 3 saturated heterocycles. The molecule has 1 spiro atoms. The third kappa shape index (κ3) is 2.16. The quantitative estimate of drug-likeness (QED) is 0.618. The van der Waals surface area contributed by atoms with E-state index in [0.717, 1.165) is 4.90 Å². The molecule has 3 aliphatic rings. The molecule has 1 unspecified atom stereocenters. The molecule has 3 amide bonds. The second-order valence-electron chi connectivity index (χ2n) is 6.15. The Kier molecular flexibility index (Phi) is 3.21. The van der Waals surface area contributed by atoms with Crippen molar-refractivity contribution < 1.29 is 33.3 Å². The predicted molar refractivity (Wildman–Crippen MR) is 69.8 cm³/mol. The van der Waals surface area contributed by atoms with Gasteiger partial charge in [-0.25, -0.2) is 14.5 Å². The molecule has 9 heteroatoms. The van der Waals surface area contributed by atoms with Crippen molar-refractivity contribution in [2.75, 3.05) is 27.2 Å². The van der Waals surface area contributed by atoms with Gasteiger partial charge in [-0.05, 0) is 13.8 Å². The third-order valence-electron chi connectivity index (χ3n) is 3.75. The molecule has 3 rings (SSSR count). The number of ketones is 1. The largest absolute Gasteiger partial charge is 0.421 e. The van der Waals surface area contributed by atoms with Crippen molar-refractivity contribution >= 4 is 17.9 Å². The molecule has 3 aliphatic heterocycles. The monoisotopic (exact) mass is 314 g/mol. The highest BCUT2D eigenvalue weighted by Crippen LogP contribution is 2.39. The Bertz CT molecular complexity index is 547. The molecular formula is C13H18N2O7. The number of carbonyl (C=O) groups excluding carboxylic acids is 3. The molecule has 9 nitrogen and oxygen atoms in total. The van der Waals surface area contributed by atoms with E-state index in [2.05, 4.69) is 0 Å². The van der Waals surface area contributed by atoms with Crippen LogP contribution in [0.3, 0.4) is 0 Å². The lowest BCUT2D eigenvalue weighted by atomic mass is 9.99. The number of carbonyl (C=O) groups is 3. The van der Waals surface area contributed by atoms with Gasteiger partial charge in [-0.1, -0.05) is 0 Å². The summed E-state index contributed by atoms with van der Waals surface area (Å²) in [6, 6.07) is -0.579. The normalized spacial score (nSPS) is 36.5. The Morgan fingerprint density at radius 3 is 2.59 bits per heavy atom. The highest BCUT2D eigenvalue weighted by Gasteiger charge is 2.63. The lowest BCUT2D eigenvalue weighted by Gasteiger charge is -2.34. The average Bonchev–Trinajstić information content (AvgIpc) is 2.91. The summed E-state index contributed by atoms with van der Waals surface area (Å²) in [7, 11) is 2.99. The molecule has 0 bridgehead atoms. The topological polar surface area (TPSA) is 94.6 Å². The van der Waals surface area contributed by atoms with E-state index in [9.17, 15) is 14.4 Å². The fraction of sp³-hybridized carbons (Fsp3) is 0.769. The predicted octanol–water partition coefficient (Wildman–Crippen LogP) is -0.0641. The summed E-state index contributed by atoms with van der Waals surface area (Å²) >= 11 is 0. The molecule has 0 aromatic heterocycles. The van der Waals surface area contributed by atoms with Gasteiger partial charge in [0.2, 0.25) is 5.78 Å². The summed E-state index contributed by atoms with van der Waals surface area (Å²) in [6.45, 7) is 3.12. The zero-order chi connectivity index (χ0) is 16.3. The number of imide groups is 1. The maximum Gasteiger partial charge on any atom is 0.421 e. The van der Waals surface area contributed by atoms with Crippen LogP contribution in [0.2, 0.25) is 0 Å². The number of urea groups is 1. The van der Waals surface area contributed by atoms with Crippen LogP contribution in [-0.4, -0.2) is 78.7 Å². The van der Waals surface area contributed by atoms with Gasteiger partial charge in [0.15, 0.2) is 11.9 Å². The van der Waals surface area contributed by atoms with Crippen molar-refractivity contribution in [3.63, 3.8) is 0 Å². The lowest BCUT2D eigenvalue weighted by molar-refractivity contribution is -0.219. The van der Waals surface area contributed by atoms with Crippen molar-refractivity contribution in [1.29, 1.82) is 0 Å². The summed E-state index contributed by atoms with van der Waals surface area (Å²) in [5.74, 6) is -3.27. The molecule has 0 aromatic carbocycles. The minimum Gasteiger partial charge on any atom is -0.406 e. The van der Waals surface area contributed by atoms with E-state index in [4.69, 9.17) is 18.9 Å². The Labute approximate surface area is 127 Å². The maximum absolute atomic E-state index is 12.6. The van der Waals surface area contributed by atoms with Gasteiger partial charge < -0.3 is 23.8 Å². The van der Waals surface area contributed by atoms with Crippen LogP contribution in [0.15, 0.2) is 0 Å². The molecular weight excluding hydrogens is 296 g/mol. The Morgan fingerprint density at radius 1 is 1.27 bits per heavy atom. The highest BCUT2D eigenvalue weighted by atomic mass is 16.8. The molecule has 22 heavy (non-hydrogen) atoms. The Balaban J connectivity index is 1.82. The van der Waals surface area contributed by atoms with Crippen LogP contribution in [0.1, 0.15) is 13.8 Å². The van der Waals surface area contributed by atoms with Crippen LogP contribution in [0.5, 0.6) is 0 Å². The third-order valence-corrected chi connectivity index (χ3v) is 3.75. The minimum absolute atomic E-state index is 0.0388. The number of amides is 3. The van der Waals surface area contributed by atoms with Gasteiger partial charge >= 0.3 is 12.1 Å². The van der Waals surface area contributed by atoms with Gasteiger partial charge in [0.05, 0.1) is 6.61 Å². The molecule has 3 fully saturated rings. The first kappa shape index (κ1) is 15.2. The van der Waals surface area contributed by atoms with Crippen LogP contribution >= 0.6 is 0 Å². The second-order valence-corrected chi connectivity index (χ2v) is 6.15. The molecule has 0 radical (unpaired) electrons. The van der Waals surface area contributed by atoms with Gasteiger partial charge in [-0.3, -0.25) is 4.79 Å². The second kappa shape index (κ2) is 4.64. The summed E-state index contributed by atoms with van der Waals surface area (Å²) in [6.07, 6.45) is -2.35. The number of Topliss-reactive ketones (excluding diaryl/α,β-unsaturated/α-hetero) is 1. The minimum atomic E-state index is -1.81. The first-order valence-corrected chi connectivity index (χ1v) is 6.91. The van der Waals surface area contributed by atoms with Crippen molar-refractivity contribution in [3.05, 3.63) is 0 Å². The first-order chi connectivity index (χ1) is 10.2. The lowest BCUT2D eigenvalue weighted by Crippen LogP contribution is -2.59. The van der Waals surface area contributed by atoms with E-state index in [-0.39, 0.29) is 13.2 Å². The molecule has 122 valence electrons. The molecule has 0 aromatic rings. The van der Waals surface area contributed by atoms with Crippen molar-refractivity contribution in [3.8, 4) is 0 Å². The van der Waals surface area contributed by atoms with Gasteiger partial charge in [0, 0.05) is 14.1 Å². The van der Waals surface area contributed by atoms with Crippen LogP contribution in [0, 0.1) is 0 Å². The summed E-state index contributed by atoms with van der Waals surface area (Å²) in [5.41, 5.74) is 0. The van der Waals surface area contributed by atoms with Gasteiger partial charge in [0.25, 0.3) is 5.79 Å². The Hall–Kier alpha value is -1.71. The van der Waals surface area contributed by atoms with Crippen LogP contribution < -0.4 is 0 Å². The van der Waals surface area contributed by atoms with E-state index < -0.39 is 41.7 Å². The van der Waals surface area contributed by atoms with Gasteiger partial charge in [-0.2, -0.15) is 0 Å².